The van der Waals surface area contributed by atoms with Crippen molar-refractivity contribution in [3.05, 3.63) is 35.7 Å². The lowest BCUT2D eigenvalue weighted by atomic mass is 10.2. The van der Waals surface area contributed by atoms with E-state index in [1.165, 1.54) is 25.3 Å². The zero-order valence-corrected chi connectivity index (χ0v) is 12.6. The van der Waals surface area contributed by atoms with Crippen LogP contribution in [-0.2, 0) is 19.1 Å². The Morgan fingerprint density at radius 1 is 1.39 bits per heavy atom. The van der Waals surface area contributed by atoms with Gasteiger partial charge in [0.25, 0.3) is 5.91 Å². The Balaban J connectivity index is 1.85. The summed E-state index contributed by atoms with van der Waals surface area (Å²) in [5.74, 6) is -1.99. The highest BCUT2D eigenvalue weighted by molar-refractivity contribution is 5.98. The van der Waals surface area contributed by atoms with Crippen LogP contribution in [0.1, 0.15) is 18.4 Å². The topological polar surface area (TPSA) is 72.9 Å². The van der Waals surface area contributed by atoms with Crippen molar-refractivity contribution in [2.24, 2.45) is 0 Å². The van der Waals surface area contributed by atoms with Gasteiger partial charge in [0.05, 0.1) is 7.11 Å². The van der Waals surface area contributed by atoms with E-state index in [0.717, 1.165) is 11.0 Å². The van der Waals surface area contributed by atoms with Gasteiger partial charge in [-0.05, 0) is 30.2 Å². The highest BCUT2D eigenvalue weighted by Crippen LogP contribution is 2.18. The van der Waals surface area contributed by atoms with Crippen molar-refractivity contribution in [3.63, 3.8) is 0 Å². The molecule has 0 bridgehead atoms. The number of esters is 1. The second-order valence-electron chi connectivity index (χ2n) is 4.88. The number of likely N-dealkylation sites (tertiary alicyclic amines) is 1. The molecule has 0 spiro atoms. The molecule has 122 valence electrons. The summed E-state index contributed by atoms with van der Waals surface area (Å²) in [6.45, 7) is -0.137. The number of hydrogen-bond donors (Lipinski definition) is 0. The minimum absolute atomic E-state index is 0.102. The first-order chi connectivity index (χ1) is 11.0. The Morgan fingerprint density at radius 3 is 2.78 bits per heavy atom. The van der Waals surface area contributed by atoms with Crippen LogP contribution in [0.2, 0.25) is 0 Å². The smallest absolute Gasteiger partial charge is 0.331 e. The standard InChI is InChI=1S/C16H16FNO5/c1-22-13-6-4-11(9-12(13)17)5-7-16(21)23-10-15(20)18-8-2-3-14(18)19/h4-7,9H,2-3,8,10H2,1H3/b7-5+. The van der Waals surface area contributed by atoms with E-state index in [4.69, 9.17) is 9.47 Å². The number of halogens is 1. The molecule has 0 saturated carbocycles. The van der Waals surface area contributed by atoms with Crippen LogP contribution in [0, 0.1) is 5.82 Å². The van der Waals surface area contributed by atoms with Crippen molar-refractivity contribution >= 4 is 23.9 Å². The summed E-state index contributed by atoms with van der Waals surface area (Å²) in [4.78, 5) is 35.7. The van der Waals surface area contributed by atoms with Gasteiger partial charge in [-0.1, -0.05) is 6.07 Å². The predicted molar refractivity (Wildman–Crippen MR) is 78.9 cm³/mol. The van der Waals surface area contributed by atoms with E-state index in [0.29, 0.717) is 24.9 Å². The Bertz CT molecular complexity index is 656. The van der Waals surface area contributed by atoms with Gasteiger partial charge in [-0.3, -0.25) is 14.5 Å². The van der Waals surface area contributed by atoms with Crippen LogP contribution in [0.15, 0.2) is 24.3 Å². The molecule has 0 unspecified atom stereocenters. The minimum Gasteiger partial charge on any atom is -0.494 e. The molecular weight excluding hydrogens is 305 g/mol. The molecule has 0 radical (unpaired) electrons. The van der Waals surface area contributed by atoms with Crippen molar-refractivity contribution in [1.29, 1.82) is 0 Å². The molecule has 1 saturated heterocycles. The number of imide groups is 1. The summed E-state index contributed by atoms with van der Waals surface area (Å²) in [5.41, 5.74) is 0.446. The van der Waals surface area contributed by atoms with E-state index in [2.05, 4.69) is 0 Å². The van der Waals surface area contributed by atoms with Crippen LogP contribution >= 0.6 is 0 Å². The van der Waals surface area contributed by atoms with E-state index >= 15 is 0 Å². The third-order valence-corrected chi connectivity index (χ3v) is 3.30. The van der Waals surface area contributed by atoms with Crippen LogP contribution in [0.4, 0.5) is 4.39 Å². The second-order valence-corrected chi connectivity index (χ2v) is 4.88. The number of hydrogen-bond acceptors (Lipinski definition) is 5. The fraction of sp³-hybridized carbons (Fsp3) is 0.312. The third kappa shape index (κ3) is 4.38. The molecule has 2 rings (SSSR count). The number of ether oxygens (including phenoxy) is 2. The maximum atomic E-state index is 13.5. The largest absolute Gasteiger partial charge is 0.494 e. The first-order valence-electron chi connectivity index (χ1n) is 7.03. The van der Waals surface area contributed by atoms with Crippen LogP contribution < -0.4 is 4.74 Å². The molecule has 23 heavy (non-hydrogen) atoms. The second kappa shape index (κ2) is 7.53. The average molecular weight is 321 g/mol. The molecule has 1 aliphatic heterocycles. The highest BCUT2D eigenvalue weighted by Gasteiger charge is 2.26. The molecule has 1 heterocycles. The number of rotatable bonds is 5. The normalized spacial score (nSPS) is 14.3. The zero-order chi connectivity index (χ0) is 16.8. The Hall–Kier alpha value is -2.70. The lowest BCUT2D eigenvalue weighted by Gasteiger charge is -2.12. The van der Waals surface area contributed by atoms with Crippen LogP contribution in [0.25, 0.3) is 6.08 Å². The monoisotopic (exact) mass is 321 g/mol. The summed E-state index contributed by atoms with van der Waals surface area (Å²) < 4.78 is 23.0. The van der Waals surface area contributed by atoms with Crippen molar-refractivity contribution in [3.8, 4) is 5.75 Å². The average Bonchev–Trinajstić information content (AvgIpc) is 2.97. The van der Waals surface area contributed by atoms with Crippen molar-refractivity contribution in [2.45, 2.75) is 12.8 Å². The Morgan fingerprint density at radius 2 is 2.17 bits per heavy atom. The number of nitrogens with zero attached hydrogens (tertiary/aromatic N) is 1. The van der Waals surface area contributed by atoms with E-state index in [9.17, 15) is 18.8 Å². The van der Waals surface area contributed by atoms with Crippen molar-refractivity contribution in [2.75, 3.05) is 20.3 Å². The van der Waals surface area contributed by atoms with Crippen molar-refractivity contribution in [1.82, 2.24) is 4.90 Å². The summed E-state index contributed by atoms with van der Waals surface area (Å²) in [6, 6.07) is 4.21. The van der Waals surface area contributed by atoms with Crippen LogP contribution in [-0.4, -0.2) is 42.9 Å². The maximum Gasteiger partial charge on any atom is 0.331 e. The Kier molecular flexibility index (Phi) is 5.46. The molecule has 0 N–H and O–H groups in total. The van der Waals surface area contributed by atoms with Gasteiger partial charge in [0.15, 0.2) is 18.2 Å². The van der Waals surface area contributed by atoms with Gasteiger partial charge in [0.1, 0.15) is 0 Å². The lowest BCUT2D eigenvalue weighted by molar-refractivity contribution is -0.151. The summed E-state index contributed by atoms with van der Waals surface area (Å²) in [6.07, 6.45) is 3.40. The number of amides is 2. The summed E-state index contributed by atoms with van der Waals surface area (Å²) in [5, 5.41) is 0. The van der Waals surface area contributed by atoms with Gasteiger partial charge in [-0.25, -0.2) is 9.18 Å². The third-order valence-electron chi connectivity index (χ3n) is 3.30. The number of carbonyl (C=O) groups is 3. The highest BCUT2D eigenvalue weighted by atomic mass is 19.1. The molecule has 1 aromatic rings. The number of methoxy groups -OCH3 is 1. The molecule has 0 atom stereocenters. The Labute approximate surface area is 132 Å². The lowest BCUT2D eigenvalue weighted by Crippen LogP contribution is -2.35. The SMILES string of the molecule is COc1ccc(/C=C/C(=O)OCC(=O)N2CCCC2=O)cc1F. The molecule has 2 amide bonds. The van der Waals surface area contributed by atoms with E-state index < -0.39 is 24.3 Å². The maximum absolute atomic E-state index is 13.5. The minimum atomic E-state index is -0.749. The van der Waals surface area contributed by atoms with Gasteiger partial charge in [0, 0.05) is 19.0 Å². The fourth-order valence-electron chi connectivity index (χ4n) is 2.12. The first-order valence-corrected chi connectivity index (χ1v) is 7.03. The van der Waals surface area contributed by atoms with E-state index in [1.54, 1.807) is 6.07 Å². The summed E-state index contributed by atoms with van der Waals surface area (Å²) in [7, 11) is 1.35. The molecular formula is C16H16FNO5. The van der Waals surface area contributed by atoms with Crippen LogP contribution in [0.5, 0.6) is 5.75 Å². The quantitative estimate of drug-likeness (QED) is 0.607. The first kappa shape index (κ1) is 16.7. The van der Waals surface area contributed by atoms with Gasteiger partial charge in [0.2, 0.25) is 5.91 Å². The van der Waals surface area contributed by atoms with E-state index in [-0.39, 0.29) is 11.7 Å². The number of benzene rings is 1. The number of carbonyl (C=O) groups excluding carboxylic acids is 3. The molecule has 0 aliphatic carbocycles. The molecule has 7 heteroatoms. The van der Waals surface area contributed by atoms with Gasteiger partial charge in [-0.15, -0.1) is 0 Å². The van der Waals surface area contributed by atoms with Gasteiger partial charge in [-0.2, -0.15) is 0 Å². The summed E-state index contributed by atoms with van der Waals surface area (Å²) >= 11 is 0. The van der Waals surface area contributed by atoms with Crippen molar-refractivity contribution < 1.29 is 28.2 Å². The van der Waals surface area contributed by atoms with Gasteiger partial charge < -0.3 is 9.47 Å². The molecule has 1 aliphatic rings. The molecule has 0 aromatic heterocycles. The fourth-order valence-corrected chi connectivity index (χ4v) is 2.12. The van der Waals surface area contributed by atoms with Gasteiger partial charge >= 0.3 is 5.97 Å². The molecule has 1 aromatic carbocycles. The van der Waals surface area contributed by atoms with E-state index in [1.807, 2.05) is 0 Å². The predicted octanol–water partition coefficient (Wildman–Crippen LogP) is 1.54. The molecule has 1 fully saturated rings. The zero-order valence-electron chi connectivity index (χ0n) is 12.6. The van der Waals surface area contributed by atoms with Crippen LogP contribution in [0.3, 0.4) is 0 Å². The molecule has 6 nitrogen and oxygen atoms in total.